The molecule has 3 nitrogen and oxygen atoms in total. The number of hydrogen-bond acceptors (Lipinski definition) is 3. The van der Waals surface area contributed by atoms with E-state index in [4.69, 9.17) is 33.2 Å². The largest absolute Gasteiger partial charge is 0.493 e. The van der Waals surface area contributed by atoms with E-state index in [1.807, 2.05) is 6.07 Å². The van der Waals surface area contributed by atoms with E-state index in [9.17, 15) is 4.21 Å². The van der Waals surface area contributed by atoms with Gasteiger partial charge in [-0.05, 0) is 36.4 Å². The minimum Gasteiger partial charge on any atom is -0.493 e. The summed E-state index contributed by atoms with van der Waals surface area (Å²) in [7, 11) is -1.22. The number of hydrogen-bond donors (Lipinski definition) is 0. The van der Waals surface area contributed by atoms with Crippen molar-refractivity contribution in [1.82, 2.24) is 0 Å². The second-order valence-corrected chi connectivity index (χ2v) is 6.50. The first-order chi connectivity index (χ1) is 10.1. The van der Waals surface area contributed by atoms with E-state index >= 15 is 0 Å². The quantitative estimate of drug-likeness (QED) is 0.825. The van der Waals surface area contributed by atoms with Gasteiger partial charge in [0.25, 0.3) is 0 Å². The molecule has 0 amide bonds. The molecule has 0 fully saturated rings. The minimum absolute atomic E-state index is 0.280. The normalized spacial score (nSPS) is 11.7. The fourth-order valence-electron chi connectivity index (χ4n) is 1.63. The van der Waals surface area contributed by atoms with Crippen LogP contribution in [0.5, 0.6) is 5.75 Å². The van der Waals surface area contributed by atoms with Gasteiger partial charge in [0.1, 0.15) is 12.4 Å². The monoisotopic (exact) mass is 339 g/mol. The van der Waals surface area contributed by atoms with Crippen LogP contribution in [0.15, 0.2) is 47.4 Å². The summed E-state index contributed by atoms with van der Waals surface area (Å²) in [5, 5.41) is 9.61. The Hall–Kier alpha value is -1.54. The van der Waals surface area contributed by atoms with Crippen LogP contribution in [-0.2, 0) is 10.8 Å². The van der Waals surface area contributed by atoms with Crippen LogP contribution in [0, 0.1) is 11.3 Å². The van der Waals surface area contributed by atoms with Crippen LogP contribution in [0.2, 0.25) is 10.0 Å². The molecule has 0 aromatic heterocycles. The average molecular weight is 340 g/mol. The molecule has 0 aliphatic heterocycles. The zero-order valence-electron chi connectivity index (χ0n) is 10.9. The van der Waals surface area contributed by atoms with E-state index in [0.717, 1.165) is 0 Å². The van der Waals surface area contributed by atoms with E-state index in [1.54, 1.807) is 42.5 Å². The van der Waals surface area contributed by atoms with Crippen molar-refractivity contribution < 1.29 is 8.95 Å². The van der Waals surface area contributed by atoms with Crippen LogP contribution in [-0.4, -0.2) is 16.6 Å². The molecule has 0 heterocycles. The summed E-state index contributed by atoms with van der Waals surface area (Å²) in [6.07, 6.45) is 0. The Kier molecular flexibility index (Phi) is 5.63. The molecule has 2 rings (SSSR count). The van der Waals surface area contributed by atoms with Crippen molar-refractivity contribution in [3.8, 4) is 11.8 Å². The summed E-state index contributed by atoms with van der Waals surface area (Å²) < 4.78 is 17.6. The van der Waals surface area contributed by atoms with E-state index < -0.39 is 10.8 Å². The third-order valence-corrected chi connectivity index (χ3v) is 4.71. The molecule has 21 heavy (non-hydrogen) atoms. The van der Waals surface area contributed by atoms with Crippen molar-refractivity contribution in [3.05, 3.63) is 58.1 Å². The minimum atomic E-state index is -1.22. The van der Waals surface area contributed by atoms with Gasteiger partial charge < -0.3 is 4.74 Å². The molecule has 6 heteroatoms. The van der Waals surface area contributed by atoms with Crippen LogP contribution in [0.4, 0.5) is 0 Å². The molecule has 2 aromatic carbocycles. The van der Waals surface area contributed by atoms with Gasteiger partial charge in [-0.3, -0.25) is 4.21 Å². The lowest BCUT2D eigenvalue weighted by Crippen LogP contribution is -2.08. The number of benzene rings is 2. The molecule has 0 radical (unpaired) electrons. The molecule has 2 aromatic rings. The molecule has 0 aliphatic carbocycles. The zero-order chi connectivity index (χ0) is 15.2. The number of nitrogens with zero attached hydrogens (tertiary/aromatic N) is 1. The van der Waals surface area contributed by atoms with Crippen molar-refractivity contribution >= 4 is 34.0 Å². The van der Waals surface area contributed by atoms with Crippen LogP contribution >= 0.6 is 23.2 Å². The summed E-state index contributed by atoms with van der Waals surface area (Å²) in [6.45, 7) is 0.280. The highest BCUT2D eigenvalue weighted by atomic mass is 35.5. The van der Waals surface area contributed by atoms with Gasteiger partial charge in [-0.2, -0.15) is 5.26 Å². The number of rotatable bonds is 5. The molecule has 1 atom stereocenters. The summed E-state index contributed by atoms with van der Waals surface area (Å²) in [5.41, 5.74) is 0.526. The Bertz CT molecular complexity index is 713. The lowest BCUT2D eigenvalue weighted by Gasteiger charge is -2.07. The van der Waals surface area contributed by atoms with Crippen molar-refractivity contribution in [2.45, 2.75) is 4.90 Å². The predicted molar refractivity (Wildman–Crippen MR) is 84.4 cm³/mol. The number of nitriles is 1. The molecule has 0 saturated carbocycles. The first kappa shape index (κ1) is 15.8. The smallest absolute Gasteiger partial charge is 0.120 e. The second-order valence-electron chi connectivity index (χ2n) is 4.11. The summed E-state index contributed by atoms with van der Waals surface area (Å²) in [5.74, 6) is 0.912. The topological polar surface area (TPSA) is 50.1 Å². The predicted octanol–water partition coefficient (Wildman–Crippen LogP) is 4.05. The van der Waals surface area contributed by atoms with E-state index in [-0.39, 0.29) is 6.61 Å². The van der Waals surface area contributed by atoms with Crippen molar-refractivity contribution in [1.29, 1.82) is 5.26 Å². The Balaban J connectivity index is 1.92. The SMILES string of the molecule is N#Cc1cccc(OCCS(=O)c2ccc(Cl)c(Cl)c2)c1. The van der Waals surface area contributed by atoms with Gasteiger partial charge in [-0.1, -0.05) is 29.3 Å². The number of halogens is 2. The summed E-state index contributed by atoms with van der Waals surface area (Å²) in [6, 6.07) is 13.8. The maximum absolute atomic E-state index is 12.1. The maximum atomic E-state index is 12.1. The van der Waals surface area contributed by atoms with Crippen molar-refractivity contribution in [2.75, 3.05) is 12.4 Å². The summed E-state index contributed by atoms with van der Waals surface area (Å²) >= 11 is 11.7. The Labute approximate surface area is 135 Å². The van der Waals surface area contributed by atoms with Crippen LogP contribution in [0.3, 0.4) is 0 Å². The molecular weight excluding hydrogens is 329 g/mol. The third kappa shape index (κ3) is 4.47. The molecule has 0 bridgehead atoms. The second kappa shape index (κ2) is 7.46. The molecule has 0 N–H and O–H groups in total. The highest BCUT2D eigenvalue weighted by Crippen LogP contribution is 2.24. The summed E-state index contributed by atoms with van der Waals surface area (Å²) in [4.78, 5) is 0.610. The molecule has 0 aliphatic rings. The molecule has 0 spiro atoms. The van der Waals surface area contributed by atoms with Crippen LogP contribution in [0.1, 0.15) is 5.56 Å². The van der Waals surface area contributed by atoms with E-state index in [0.29, 0.717) is 32.0 Å². The third-order valence-electron chi connectivity index (χ3n) is 2.65. The maximum Gasteiger partial charge on any atom is 0.120 e. The van der Waals surface area contributed by atoms with Gasteiger partial charge in [-0.25, -0.2) is 0 Å². The highest BCUT2D eigenvalue weighted by Gasteiger charge is 2.07. The Morgan fingerprint density at radius 3 is 2.67 bits per heavy atom. The van der Waals surface area contributed by atoms with Gasteiger partial charge in [0.05, 0.1) is 38.2 Å². The highest BCUT2D eigenvalue weighted by molar-refractivity contribution is 7.85. The van der Waals surface area contributed by atoms with Gasteiger partial charge in [0.2, 0.25) is 0 Å². The van der Waals surface area contributed by atoms with Gasteiger partial charge in [0.15, 0.2) is 0 Å². The van der Waals surface area contributed by atoms with Crippen molar-refractivity contribution in [2.24, 2.45) is 0 Å². The Morgan fingerprint density at radius 1 is 1.14 bits per heavy atom. The lowest BCUT2D eigenvalue weighted by atomic mass is 10.2. The zero-order valence-corrected chi connectivity index (χ0v) is 13.2. The van der Waals surface area contributed by atoms with Crippen LogP contribution in [0.25, 0.3) is 0 Å². The lowest BCUT2D eigenvalue weighted by molar-refractivity contribution is 0.342. The molecule has 0 saturated heterocycles. The van der Waals surface area contributed by atoms with Gasteiger partial charge >= 0.3 is 0 Å². The van der Waals surface area contributed by atoms with Gasteiger partial charge in [0, 0.05) is 4.90 Å². The fraction of sp³-hybridized carbons (Fsp3) is 0.133. The molecule has 1 unspecified atom stereocenters. The van der Waals surface area contributed by atoms with E-state index in [2.05, 4.69) is 0 Å². The van der Waals surface area contributed by atoms with Gasteiger partial charge in [-0.15, -0.1) is 0 Å². The van der Waals surface area contributed by atoms with E-state index in [1.165, 1.54) is 0 Å². The number of ether oxygens (including phenoxy) is 1. The average Bonchev–Trinajstić information content (AvgIpc) is 2.50. The first-order valence-electron chi connectivity index (χ1n) is 6.06. The van der Waals surface area contributed by atoms with Crippen molar-refractivity contribution in [3.63, 3.8) is 0 Å². The fourth-order valence-corrected chi connectivity index (χ4v) is 2.93. The Morgan fingerprint density at radius 2 is 1.95 bits per heavy atom. The molecule has 108 valence electrons. The standard InChI is InChI=1S/C15H11Cl2NO2S/c16-14-5-4-13(9-15(14)17)21(19)7-6-20-12-3-1-2-11(8-12)10-18/h1-5,8-9H,6-7H2. The molecular formula is C15H11Cl2NO2S. The van der Waals surface area contributed by atoms with Crippen LogP contribution < -0.4 is 4.74 Å². The first-order valence-corrected chi connectivity index (χ1v) is 8.14.